The smallest absolute Gasteiger partial charge is 0.0746 e. The van der Waals surface area contributed by atoms with E-state index in [0.29, 0.717) is 19.1 Å². The lowest BCUT2D eigenvalue weighted by molar-refractivity contribution is 0.0302. The van der Waals surface area contributed by atoms with Crippen LogP contribution in [0.15, 0.2) is 0 Å². The van der Waals surface area contributed by atoms with Crippen LogP contribution in [-0.2, 0) is 4.74 Å². The van der Waals surface area contributed by atoms with E-state index in [1.54, 1.807) is 7.11 Å². The molecule has 104 valence electrons. The lowest BCUT2D eigenvalue weighted by Crippen LogP contribution is -2.40. The molecule has 0 saturated carbocycles. The Bertz CT molecular complexity index is 172. The Morgan fingerprint density at radius 1 is 1.35 bits per heavy atom. The molecule has 2 N–H and O–H groups in total. The van der Waals surface area contributed by atoms with Crippen LogP contribution in [0.25, 0.3) is 0 Å². The van der Waals surface area contributed by atoms with E-state index >= 15 is 0 Å². The van der Waals surface area contributed by atoms with Crippen LogP contribution in [0.2, 0.25) is 0 Å². The lowest BCUT2D eigenvalue weighted by Gasteiger charge is -2.28. The largest absolute Gasteiger partial charge is 0.389 e. The molecule has 0 rings (SSSR count). The minimum atomic E-state index is -0.595. The Kier molecular flexibility index (Phi) is 9.79. The second-order valence-electron chi connectivity index (χ2n) is 5.29. The van der Waals surface area contributed by atoms with Gasteiger partial charge in [0.15, 0.2) is 0 Å². The second-order valence-corrected chi connectivity index (χ2v) is 5.29. The summed E-state index contributed by atoms with van der Waals surface area (Å²) in [5.41, 5.74) is -0.595. The molecule has 0 fully saturated rings. The van der Waals surface area contributed by atoms with E-state index in [1.165, 1.54) is 19.3 Å². The number of unbranched alkanes of at least 4 members (excludes halogenated alkanes) is 1. The van der Waals surface area contributed by atoms with Crippen molar-refractivity contribution < 1.29 is 9.84 Å². The summed E-state index contributed by atoms with van der Waals surface area (Å²) in [4.78, 5) is 0. The average molecular weight is 245 g/mol. The maximum Gasteiger partial charge on any atom is 0.0746 e. The van der Waals surface area contributed by atoms with Crippen LogP contribution in [0.5, 0.6) is 0 Å². The van der Waals surface area contributed by atoms with Gasteiger partial charge in [0.25, 0.3) is 0 Å². The van der Waals surface area contributed by atoms with Crippen LogP contribution in [-0.4, -0.2) is 37.5 Å². The predicted octanol–water partition coefficient (Wildman–Crippen LogP) is 2.58. The third-order valence-electron chi connectivity index (χ3n) is 3.26. The molecule has 17 heavy (non-hydrogen) atoms. The van der Waals surface area contributed by atoms with E-state index < -0.39 is 5.60 Å². The minimum absolute atomic E-state index is 0.595. The zero-order chi connectivity index (χ0) is 13.1. The first-order chi connectivity index (χ1) is 8.05. The Morgan fingerprint density at radius 3 is 2.59 bits per heavy atom. The minimum Gasteiger partial charge on any atom is -0.389 e. The van der Waals surface area contributed by atoms with E-state index in [1.807, 2.05) is 6.92 Å². The Labute approximate surface area is 107 Å². The number of nitrogens with one attached hydrogen (secondary N) is 1. The molecule has 0 radical (unpaired) electrons. The molecule has 0 aromatic carbocycles. The number of methoxy groups -OCH3 is 1. The third-order valence-corrected chi connectivity index (χ3v) is 3.26. The van der Waals surface area contributed by atoms with Gasteiger partial charge in [0, 0.05) is 20.2 Å². The summed E-state index contributed by atoms with van der Waals surface area (Å²) in [6.07, 6.45) is 5.80. The SMILES string of the molecule is CCCCC(CC)CC(C)(O)CNCCOC. The number of hydrogen-bond donors (Lipinski definition) is 2. The fourth-order valence-electron chi connectivity index (χ4n) is 2.17. The maximum absolute atomic E-state index is 10.3. The highest BCUT2D eigenvalue weighted by molar-refractivity contribution is 4.79. The first kappa shape index (κ1) is 16.9. The van der Waals surface area contributed by atoms with Crippen LogP contribution >= 0.6 is 0 Å². The van der Waals surface area contributed by atoms with E-state index in [0.717, 1.165) is 19.4 Å². The molecule has 0 saturated heterocycles. The zero-order valence-electron chi connectivity index (χ0n) is 12.1. The van der Waals surface area contributed by atoms with Crippen molar-refractivity contribution in [2.45, 2.75) is 58.5 Å². The van der Waals surface area contributed by atoms with Gasteiger partial charge in [-0.3, -0.25) is 0 Å². The number of hydrogen-bond acceptors (Lipinski definition) is 3. The van der Waals surface area contributed by atoms with Crippen molar-refractivity contribution in [2.24, 2.45) is 5.92 Å². The van der Waals surface area contributed by atoms with Crippen molar-refractivity contribution in [2.75, 3.05) is 26.8 Å². The van der Waals surface area contributed by atoms with Crippen LogP contribution < -0.4 is 5.32 Å². The number of rotatable bonds is 11. The summed E-state index contributed by atoms with van der Waals surface area (Å²) in [5.74, 6) is 0.647. The molecule has 2 atom stereocenters. The van der Waals surface area contributed by atoms with Crippen molar-refractivity contribution in [1.82, 2.24) is 5.32 Å². The van der Waals surface area contributed by atoms with Crippen molar-refractivity contribution in [3.63, 3.8) is 0 Å². The summed E-state index contributed by atoms with van der Waals surface area (Å²) in [7, 11) is 1.69. The molecule has 2 unspecified atom stereocenters. The number of ether oxygens (including phenoxy) is 1. The van der Waals surface area contributed by atoms with Gasteiger partial charge >= 0.3 is 0 Å². The summed E-state index contributed by atoms with van der Waals surface area (Å²) < 4.78 is 4.97. The topological polar surface area (TPSA) is 41.5 Å². The van der Waals surface area contributed by atoms with Crippen LogP contribution in [0.4, 0.5) is 0 Å². The van der Waals surface area contributed by atoms with E-state index in [4.69, 9.17) is 4.74 Å². The van der Waals surface area contributed by atoms with Gasteiger partial charge in [0.2, 0.25) is 0 Å². The van der Waals surface area contributed by atoms with Crippen LogP contribution in [0, 0.1) is 5.92 Å². The molecule has 0 amide bonds. The lowest BCUT2D eigenvalue weighted by atomic mass is 9.87. The molecule has 0 bridgehead atoms. The predicted molar refractivity (Wildman–Crippen MR) is 73.3 cm³/mol. The van der Waals surface area contributed by atoms with Gasteiger partial charge in [-0.1, -0.05) is 39.5 Å². The molecular formula is C14H31NO2. The first-order valence-corrected chi connectivity index (χ1v) is 6.97. The molecule has 0 aliphatic heterocycles. The van der Waals surface area contributed by atoms with Crippen molar-refractivity contribution in [3.8, 4) is 0 Å². The quantitative estimate of drug-likeness (QED) is 0.550. The molecular weight excluding hydrogens is 214 g/mol. The summed E-state index contributed by atoms with van der Waals surface area (Å²) in [5, 5.41) is 13.5. The van der Waals surface area contributed by atoms with Gasteiger partial charge in [0.05, 0.1) is 12.2 Å². The molecule has 0 aliphatic carbocycles. The van der Waals surface area contributed by atoms with Gasteiger partial charge in [-0.15, -0.1) is 0 Å². The molecule has 0 aromatic heterocycles. The highest BCUT2D eigenvalue weighted by atomic mass is 16.5. The normalized spacial score (nSPS) is 16.8. The number of aliphatic hydroxyl groups is 1. The van der Waals surface area contributed by atoms with Gasteiger partial charge in [-0.25, -0.2) is 0 Å². The standard InChI is InChI=1S/C14H31NO2/c1-5-7-8-13(6-2)11-14(3,16)12-15-9-10-17-4/h13,15-16H,5-12H2,1-4H3. The van der Waals surface area contributed by atoms with Gasteiger partial charge in [-0.2, -0.15) is 0 Å². The Hall–Kier alpha value is -0.120. The van der Waals surface area contributed by atoms with Gasteiger partial charge in [0.1, 0.15) is 0 Å². The average Bonchev–Trinajstić information content (AvgIpc) is 2.30. The summed E-state index contributed by atoms with van der Waals surface area (Å²) in [6.45, 7) is 8.52. The highest BCUT2D eigenvalue weighted by Crippen LogP contribution is 2.23. The van der Waals surface area contributed by atoms with Gasteiger partial charge < -0.3 is 15.2 Å². The van der Waals surface area contributed by atoms with Crippen molar-refractivity contribution in [1.29, 1.82) is 0 Å². The summed E-state index contributed by atoms with van der Waals surface area (Å²) in [6, 6.07) is 0. The molecule has 3 nitrogen and oxygen atoms in total. The Balaban J connectivity index is 3.85. The molecule has 0 aromatic rings. The zero-order valence-corrected chi connectivity index (χ0v) is 12.1. The van der Waals surface area contributed by atoms with Crippen LogP contribution in [0.1, 0.15) is 52.9 Å². The Morgan fingerprint density at radius 2 is 2.06 bits per heavy atom. The van der Waals surface area contributed by atoms with Crippen molar-refractivity contribution >= 4 is 0 Å². The maximum atomic E-state index is 10.3. The first-order valence-electron chi connectivity index (χ1n) is 6.97. The van der Waals surface area contributed by atoms with Crippen molar-refractivity contribution in [3.05, 3.63) is 0 Å². The monoisotopic (exact) mass is 245 g/mol. The van der Waals surface area contributed by atoms with Crippen LogP contribution in [0.3, 0.4) is 0 Å². The van der Waals surface area contributed by atoms with E-state index in [9.17, 15) is 5.11 Å². The highest BCUT2D eigenvalue weighted by Gasteiger charge is 2.23. The molecule has 0 spiro atoms. The molecule has 3 heteroatoms. The van der Waals surface area contributed by atoms with Gasteiger partial charge in [-0.05, 0) is 19.3 Å². The second kappa shape index (κ2) is 9.86. The fourth-order valence-corrected chi connectivity index (χ4v) is 2.17. The summed E-state index contributed by atoms with van der Waals surface area (Å²) >= 11 is 0. The molecule has 0 aliphatic rings. The third kappa shape index (κ3) is 9.57. The molecule has 0 heterocycles. The van der Waals surface area contributed by atoms with E-state index in [-0.39, 0.29) is 0 Å². The fraction of sp³-hybridized carbons (Fsp3) is 1.00. The van der Waals surface area contributed by atoms with E-state index in [2.05, 4.69) is 19.2 Å².